The molecular formula is C16H12N4. The number of pyridine rings is 1. The Balaban J connectivity index is 2.19. The SMILES string of the molecule is Cc1[nH]nc(-c2ccccc2)c1-c1ccnc(C#N)c1. The van der Waals surface area contributed by atoms with Crippen LogP contribution in [-0.4, -0.2) is 15.2 Å². The highest BCUT2D eigenvalue weighted by atomic mass is 15.1. The smallest absolute Gasteiger partial charge is 0.141 e. The molecule has 0 aliphatic carbocycles. The summed E-state index contributed by atoms with van der Waals surface area (Å²) in [7, 11) is 0. The minimum absolute atomic E-state index is 0.405. The summed E-state index contributed by atoms with van der Waals surface area (Å²) in [6.07, 6.45) is 1.65. The first-order chi connectivity index (χ1) is 9.79. The van der Waals surface area contributed by atoms with Gasteiger partial charge in [0.1, 0.15) is 17.5 Å². The van der Waals surface area contributed by atoms with Gasteiger partial charge in [-0.15, -0.1) is 0 Å². The molecule has 0 radical (unpaired) electrons. The lowest BCUT2D eigenvalue weighted by atomic mass is 9.99. The summed E-state index contributed by atoms with van der Waals surface area (Å²) < 4.78 is 0. The summed E-state index contributed by atoms with van der Waals surface area (Å²) in [5.74, 6) is 0. The fraction of sp³-hybridized carbons (Fsp3) is 0.0625. The Morgan fingerprint density at radius 3 is 2.65 bits per heavy atom. The molecule has 3 rings (SSSR count). The average Bonchev–Trinajstić information content (AvgIpc) is 2.90. The van der Waals surface area contributed by atoms with Crippen molar-refractivity contribution in [3.63, 3.8) is 0 Å². The molecule has 0 spiro atoms. The van der Waals surface area contributed by atoms with Crippen molar-refractivity contribution >= 4 is 0 Å². The van der Waals surface area contributed by atoms with Crippen LogP contribution < -0.4 is 0 Å². The molecule has 2 aromatic heterocycles. The predicted molar refractivity (Wildman–Crippen MR) is 76.7 cm³/mol. The number of nitrogens with zero attached hydrogens (tertiary/aromatic N) is 3. The lowest BCUT2D eigenvalue weighted by Crippen LogP contribution is -1.87. The van der Waals surface area contributed by atoms with Gasteiger partial charge in [0.2, 0.25) is 0 Å². The van der Waals surface area contributed by atoms with Gasteiger partial charge in [0.05, 0.1) is 0 Å². The molecule has 1 aromatic carbocycles. The standard InChI is InChI=1S/C16H12N4/c1-11-15(13-7-8-18-14(9-13)10-17)16(20-19-11)12-5-3-2-4-6-12/h2-9H,1H3,(H,19,20). The van der Waals surface area contributed by atoms with Crippen LogP contribution in [0.4, 0.5) is 0 Å². The monoisotopic (exact) mass is 260 g/mol. The largest absolute Gasteiger partial charge is 0.282 e. The van der Waals surface area contributed by atoms with Gasteiger partial charge in [-0.3, -0.25) is 5.10 Å². The molecule has 96 valence electrons. The van der Waals surface area contributed by atoms with Crippen LogP contribution in [0.25, 0.3) is 22.4 Å². The summed E-state index contributed by atoms with van der Waals surface area (Å²) in [4.78, 5) is 4.01. The first-order valence-electron chi connectivity index (χ1n) is 6.26. The fourth-order valence-corrected chi connectivity index (χ4v) is 2.23. The zero-order valence-corrected chi connectivity index (χ0v) is 11.0. The summed E-state index contributed by atoms with van der Waals surface area (Å²) in [5, 5.41) is 16.4. The molecule has 4 heteroatoms. The third-order valence-corrected chi connectivity index (χ3v) is 3.16. The van der Waals surface area contributed by atoms with E-state index < -0.39 is 0 Å². The van der Waals surface area contributed by atoms with Crippen LogP contribution in [-0.2, 0) is 0 Å². The van der Waals surface area contributed by atoms with E-state index in [2.05, 4.69) is 21.3 Å². The Hall–Kier alpha value is -2.93. The first kappa shape index (κ1) is 12.1. The Labute approximate surface area is 116 Å². The van der Waals surface area contributed by atoms with Crippen LogP contribution in [0.15, 0.2) is 48.7 Å². The van der Waals surface area contributed by atoms with Crippen LogP contribution >= 0.6 is 0 Å². The van der Waals surface area contributed by atoms with Gasteiger partial charge in [-0.05, 0) is 24.6 Å². The molecule has 0 bridgehead atoms. The van der Waals surface area contributed by atoms with Gasteiger partial charge in [0, 0.05) is 23.0 Å². The van der Waals surface area contributed by atoms with Crippen LogP contribution in [0.3, 0.4) is 0 Å². The van der Waals surface area contributed by atoms with Gasteiger partial charge in [-0.25, -0.2) is 4.98 Å². The van der Waals surface area contributed by atoms with Gasteiger partial charge in [-0.2, -0.15) is 10.4 Å². The molecule has 4 nitrogen and oxygen atoms in total. The molecule has 2 heterocycles. The van der Waals surface area contributed by atoms with E-state index in [4.69, 9.17) is 5.26 Å². The van der Waals surface area contributed by atoms with Gasteiger partial charge >= 0.3 is 0 Å². The Morgan fingerprint density at radius 2 is 1.90 bits per heavy atom. The number of nitriles is 1. The maximum Gasteiger partial charge on any atom is 0.141 e. The number of nitrogens with one attached hydrogen (secondary N) is 1. The summed E-state index contributed by atoms with van der Waals surface area (Å²) >= 11 is 0. The van der Waals surface area contributed by atoms with E-state index in [1.807, 2.05) is 43.3 Å². The molecule has 0 saturated heterocycles. The molecule has 0 amide bonds. The molecule has 3 aromatic rings. The van der Waals surface area contributed by atoms with Crippen molar-refractivity contribution in [2.75, 3.05) is 0 Å². The van der Waals surface area contributed by atoms with Crippen molar-refractivity contribution < 1.29 is 0 Å². The maximum atomic E-state index is 8.98. The number of hydrogen-bond acceptors (Lipinski definition) is 3. The Kier molecular flexibility index (Phi) is 3.02. The van der Waals surface area contributed by atoms with Crippen LogP contribution in [0, 0.1) is 18.3 Å². The number of hydrogen-bond donors (Lipinski definition) is 1. The minimum Gasteiger partial charge on any atom is -0.282 e. The second-order valence-electron chi connectivity index (χ2n) is 4.48. The van der Waals surface area contributed by atoms with E-state index in [1.54, 1.807) is 12.3 Å². The highest BCUT2D eigenvalue weighted by molar-refractivity contribution is 5.82. The number of benzene rings is 1. The Morgan fingerprint density at radius 1 is 1.10 bits per heavy atom. The quantitative estimate of drug-likeness (QED) is 0.768. The molecule has 0 saturated carbocycles. The van der Waals surface area contributed by atoms with E-state index in [-0.39, 0.29) is 0 Å². The normalized spacial score (nSPS) is 10.2. The lowest BCUT2D eigenvalue weighted by molar-refractivity contribution is 1.05. The summed E-state index contributed by atoms with van der Waals surface area (Å²) in [6.45, 7) is 1.97. The highest BCUT2D eigenvalue weighted by Crippen LogP contribution is 2.32. The molecule has 0 atom stereocenters. The molecule has 0 aliphatic heterocycles. The zero-order valence-electron chi connectivity index (χ0n) is 11.0. The number of aryl methyl sites for hydroxylation is 1. The molecule has 0 fully saturated rings. The average molecular weight is 260 g/mol. The third kappa shape index (κ3) is 2.06. The minimum atomic E-state index is 0.405. The van der Waals surface area contributed by atoms with E-state index >= 15 is 0 Å². The number of H-pyrrole nitrogens is 1. The predicted octanol–water partition coefficient (Wildman–Crippen LogP) is 3.32. The van der Waals surface area contributed by atoms with E-state index in [1.165, 1.54) is 0 Å². The van der Waals surface area contributed by atoms with Crippen molar-refractivity contribution in [3.8, 4) is 28.5 Å². The van der Waals surface area contributed by atoms with Crippen molar-refractivity contribution in [2.45, 2.75) is 6.92 Å². The number of aromatic amines is 1. The number of rotatable bonds is 2. The van der Waals surface area contributed by atoms with Gasteiger partial charge in [-0.1, -0.05) is 30.3 Å². The van der Waals surface area contributed by atoms with Crippen molar-refractivity contribution in [3.05, 3.63) is 60.0 Å². The van der Waals surface area contributed by atoms with Crippen molar-refractivity contribution in [2.24, 2.45) is 0 Å². The fourth-order valence-electron chi connectivity index (χ4n) is 2.23. The van der Waals surface area contributed by atoms with E-state index in [0.717, 1.165) is 28.1 Å². The number of aromatic nitrogens is 3. The van der Waals surface area contributed by atoms with E-state index in [9.17, 15) is 0 Å². The zero-order chi connectivity index (χ0) is 13.9. The first-order valence-corrected chi connectivity index (χ1v) is 6.26. The maximum absolute atomic E-state index is 8.98. The second kappa shape index (κ2) is 4.98. The summed E-state index contributed by atoms with van der Waals surface area (Å²) in [6, 6.07) is 15.7. The van der Waals surface area contributed by atoms with Gasteiger partial charge in [0.15, 0.2) is 0 Å². The second-order valence-corrected chi connectivity index (χ2v) is 4.48. The van der Waals surface area contributed by atoms with Crippen LogP contribution in [0.2, 0.25) is 0 Å². The van der Waals surface area contributed by atoms with Crippen molar-refractivity contribution in [1.82, 2.24) is 15.2 Å². The van der Waals surface area contributed by atoms with E-state index in [0.29, 0.717) is 5.69 Å². The van der Waals surface area contributed by atoms with Crippen LogP contribution in [0.5, 0.6) is 0 Å². The molecule has 20 heavy (non-hydrogen) atoms. The van der Waals surface area contributed by atoms with Gasteiger partial charge < -0.3 is 0 Å². The van der Waals surface area contributed by atoms with Gasteiger partial charge in [0.25, 0.3) is 0 Å². The highest BCUT2D eigenvalue weighted by Gasteiger charge is 2.14. The molecule has 0 aliphatic rings. The molecular weight excluding hydrogens is 248 g/mol. The topological polar surface area (TPSA) is 65.4 Å². The summed E-state index contributed by atoms with van der Waals surface area (Å²) in [5.41, 5.74) is 5.26. The third-order valence-electron chi connectivity index (χ3n) is 3.16. The van der Waals surface area contributed by atoms with Crippen molar-refractivity contribution in [1.29, 1.82) is 5.26 Å². The molecule has 1 N–H and O–H groups in total. The Bertz CT molecular complexity index is 782. The lowest BCUT2D eigenvalue weighted by Gasteiger charge is -2.04. The van der Waals surface area contributed by atoms with Crippen LogP contribution in [0.1, 0.15) is 11.4 Å². The molecule has 0 unspecified atom stereocenters.